The fraction of sp³-hybridized carbons (Fsp3) is 0. The zero-order valence-electron chi connectivity index (χ0n) is 14.8. The summed E-state index contributed by atoms with van der Waals surface area (Å²) < 4.78 is 0. The molecule has 0 aliphatic carbocycles. The highest BCUT2D eigenvalue weighted by atomic mass is 32.2. The molecule has 0 saturated carbocycles. The largest absolute Gasteiger partial charge is 0.397 e. The molecule has 146 valence electrons. The molecule has 3 N–H and O–H groups in total. The summed E-state index contributed by atoms with van der Waals surface area (Å²) in [5.74, 6) is -0.681. The van der Waals surface area contributed by atoms with Crippen LogP contribution in [0.5, 0.6) is 0 Å². The molecule has 0 fully saturated rings. The van der Waals surface area contributed by atoms with Gasteiger partial charge in [0, 0.05) is 28.0 Å². The van der Waals surface area contributed by atoms with Crippen molar-refractivity contribution in [3.63, 3.8) is 0 Å². The van der Waals surface area contributed by atoms with Gasteiger partial charge in [0.15, 0.2) is 0 Å². The molecule has 1 amide bonds. The highest BCUT2D eigenvalue weighted by Crippen LogP contribution is 2.36. The van der Waals surface area contributed by atoms with Gasteiger partial charge in [0.1, 0.15) is 5.56 Å². The second-order valence-electron chi connectivity index (χ2n) is 5.80. The Labute approximate surface area is 168 Å². The lowest BCUT2D eigenvalue weighted by molar-refractivity contribution is -0.385. The van der Waals surface area contributed by atoms with Gasteiger partial charge in [-0.15, -0.1) is 0 Å². The number of nitrogens with zero attached hydrogens (tertiary/aromatic N) is 2. The molecular formula is C19H14N4O5S. The highest BCUT2D eigenvalue weighted by molar-refractivity contribution is 7.99. The summed E-state index contributed by atoms with van der Waals surface area (Å²) in [5.41, 5.74) is 5.94. The Bertz CT molecular complexity index is 1100. The van der Waals surface area contributed by atoms with Crippen molar-refractivity contribution in [3.8, 4) is 0 Å². The van der Waals surface area contributed by atoms with E-state index in [2.05, 4.69) is 5.32 Å². The van der Waals surface area contributed by atoms with Crippen LogP contribution < -0.4 is 11.1 Å². The number of amides is 1. The van der Waals surface area contributed by atoms with Crippen LogP contribution in [0.3, 0.4) is 0 Å². The zero-order valence-corrected chi connectivity index (χ0v) is 15.6. The van der Waals surface area contributed by atoms with Crippen LogP contribution >= 0.6 is 11.8 Å². The molecule has 3 aromatic rings. The first kappa shape index (κ1) is 19.8. The van der Waals surface area contributed by atoms with Crippen LogP contribution in [0.2, 0.25) is 0 Å². The van der Waals surface area contributed by atoms with Gasteiger partial charge in [0.05, 0.1) is 21.2 Å². The van der Waals surface area contributed by atoms with E-state index in [0.717, 1.165) is 11.8 Å². The Balaban J connectivity index is 1.98. The number of rotatable bonds is 6. The molecule has 0 heterocycles. The molecule has 3 aromatic carbocycles. The molecule has 10 heteroatoms. The molecule has 0 unspecified atom stereocenters. The van der Waals surface area contributed by atoms with Gasteiger partial charge in [-0.3, -0.25) is 25.0 Å². The van der Waals surface area contributed by atoms with Gasteiger partial charge >= 0.3 is 0 Å². The van der Waals surface area contributed by atoms with Crippen molar-refractivity contribution >= 4 is 40.4 Å². The van der Waals surface area contributed by atoms with E-state index in [0.29, 0.717) is 21.2 Å². The van der Waals surface area contributed by atoms with E-state index >= 15 is 0 Å². The van der Waals surface area contributed by atoms with Crippen LogP contribution in [0.25, 0.3) is 0 Å². The van der Waals surface area contributed by atoms with Crippen LogP contribution in [-0.4, -0.2) is 15.8 Å². The normalized spacial score (nSPS) is 10.3. The predicted molar refractivity (Wildman–Crippen MR) is 109 cm³/mol. The molecule has 0 aliphatic heterocycles. The minimum Gasteiger partial charge on any atom is -0.397 e. The third kappa shape index (κ3) is 4.50. The van der Waals surface area contributed by atoms with Crippen LogP contribution in [0.4, 0.5) is 22.7 Å². The van der Waals surface area contributed by atoms with E-state index in [-0.39, 0.29) is 16.9 Å². The molecule has 9 nitrogen and oxygen atoms in total. The van der Waals surface area contributed by atoms with E-state index < -0.39 is 15.8 Å². The van der Waals surface area contributed by atoms with Crippen molar-refractivity contribution in [1.82, 2.24) is 0 Å². The number of para-hydroxylation sites is 2. The Kier molecular flexibility index (Phi) is 5.74. The molecule has 0 spiro atoms. The van der Waals surface area contributed by atoms with Gasteiger partial charge in [-0.1, -0.05) is 30.0 Å². The number of nitrogen functional groups attached to an aromatic ring is 1. The van der Waals surface area contributed by atoms with Crippen LogP contribution in [-0.2, 0) is 0 Å². The molecular weight excluding hydrogens is 396 g/mol. The first-order valence-corrected chi connectivity index (χ1v) is 9.04. The van der Waals surface area contributed by atoms with Crippen molar-refractivity contribution in [3.05, 3.63) is 92.5 Å². The summed E-state index contributed by atoms with van der Waals surface area (Å²) >= 11 is 1.09. The summed E-state index contributed by atoms with van der Waals surface area (Å²) in [5, 5.41) is 24.9. The monoisotopic (exact) mass is 410 g/mol. The van der Waals surface area contributed by atoms with Crippen molar-refractivity contribution in [2.24, 2.45) is 0 Å². The lowest BCUT2D eigenvalue weighted by atomic mass is 10.1. The zero-order chi connectivity index (χ0) is 21.0. The molecule has 0 aliphatic rings. The van der Waals surface area contributed by atoms with E-state index in [1.165, 1.54) is 36.4 Å². The number of carbonyl (C=O) groups is 1. The van der Waals surface area contributed by atoms with Gasteiger partial charge in [-0.2, -0.15) is 0 Å². The first-order chi connectivity index (χ1) is 13.9. The summed E-state index contributed by atoms with van der Waals surface area (Å²) in [6.45, 7) is 0. The quantitative estimate of drug-likeness (QED) is 0.346. The SMILES string of the molecule is Nc1ccccc1NC(=O)c1c(Sc2ccc([N+](=O)[O-])cc2)cccc1[N+](=O)[O-]. The van der Waals surface area contributed by atoms with Gasteiger partial charge < -0.3 is 11.1 Å². The van der Waals surface area contributed by atoms with Gasteiger partial charge in [0.25, 0.3) is 17.3 Å². The Hall–Kier alpha value is -3.92. The van der Waals surface area contributed by atoms with E-state index in [4.69, 9.17) is 5.73 Å². The Morgan fingerprint density at radius 1 is 0.897 bits per heavy atom. The molecule has 3 rings (SSSR count). The summed E-state index contributed by atoms with van der Waals surface area (Å²) in [6, 6.07) is 16.5. The van der Waals surface area contributed by atoms with Gasteiger partial charge in [-0.05, 0) is 30.3 Å². The van der Waals surface area contributed by atoms with E-state index in [9.17, 15) is 25.0 Å². The predicted octanol–water partition coefficient (Wildman–Crippen LogP) is 4.49. The summed E-state index contributed by atoms with van der Waals surface area (Å²) in [4.78, 5) is 34.9. The maximum atomic E-state index is 12.9. The summed E-state index contributed by atoms with van der Waals surface area (Å²) in [6.07, 6.45) is 0. The molecule has 0 saturated heterocycles. The van der Waals surface area contributed by atoms with E-state index in [1.54, 1.807) is 30.3 Å². The lowest BCUT2D eigenvalue weighted by Crippen LogP contribution is -2.16. The number of carbonyl (C=O) groups excluding carboxylic acids is 1. The second kappa shape index (κ2) is 8.40. The third-order valence-electron chi connectivity index (χ3n) is 3.91. The fourth-order valence-corrected chi connectivity index (χ4v) is 3.52. The minimum atomic E-state index is -0.681. The number of nitrogens with one attached hydrogen (secondary N) is 1. The van der Waals surface area contributed by atoms with Crippen LogP contribution in [0, 0.1) is 20.2 Å². The number of nitro benzene ring substituents is 2. The van der Waals surface area contributed by atoms with Crippen LogP contribution in [0.15, 0.2) is 76.5 Å². The van der Waals surface area contributed by atoms with E-state index in [1.807, 2.05) is 0 Å². The van der Waals surface area contributed by atoms with Crippen molar-refractivity contribution in [2.75, 3.05) is 11.1 Å². The average Bonchev–Trinajstić information content (AvgIpc) is 2.70. The molecule has 0 radical (unpaired) electrons. The number of non-ortho nitro benzene ring substituents is 1. The van der Waals surface area contributed by atoms with Crippen molar-refractivity contribution in [1.29, 1.82) is 0 Å². The fourth-order valence-electron chi connectivity index (χ4n) is 2.54. The molecule has 0 aromatic heterocycles. The second-order valence-corrected chi connectivity index (χ2v) is 6.92. The number of nitrogens with two attached hydrogens (primary N) is 1. The average molecular weight is 410 g/mol. The highest BCUT2D eigenvalue weighted by Gasteiger charge is 2.25. The molecule has 29 heavy (non-hydrogen) atoms. The van der Waals surface area contributed by atoms with Crippen molar-refractivity contribution < 1.29 is 14.6 Å². The van der Waals surface area contributed by atoms with Crippen molar-refractivity contribution in [2.45, 2.75) is 9.79 Å². The Morgan fingerprint density at radius 3 is 2.21 bits per heavy atom. The standard InChI is InChI=1S/C19H14N4O5S/c20-14-4-1-2-5-15(14)21-19(24)18-16(23(27)28)6-3-7-17(18)29-13-10-8-12(9-11-13)22(25)26/h1-11H,20H2,(H,21,24). The topological polar surface area (TPSA) is 141 Å². The first-order valence-electron chi connectivity index (χ1n) is 8.22. The smallest absolute Gasteiger partial charge is 0.283 e. The lowest BCUT2D eigenvalue weighted by Gasteiger charge is -2.12. The number of nitro groups is 2. The van der Waals surface area contributed by atoms with Gasteiger partial charge in [-0.25, -0.2) is 0 Å². The summed E-state index contributed by atoms with van der Waals surface area (Å²) in [7, 11) is 0. The number of hydrogen-bond donors (Lipinski definition) is 2. The molecule has 0 bridgehead atoms. The van der Waals surface area contributed by atoms with Crippen LogP contribution in [0.1, 0.15) is 10.4 Å². The molecule has 0 atom stereocenters. The van der Waals surface area contributed by atoms with Gasteiger partial charge in [0.2, 0.25) is 0 Å². The third-order valence-corrected chi connectivity index (χ3v) is 4.98. The number of hydrogen-bond acceptors (Lipinski definition) is 7. The maximum Gasteiger partial charge on any atom is 0.283 e. The Morgan fingerprint density at radius 2 is 1.59 bits per heavy atom. The number of benzene rings is 3. The maximum absolute atomic E-state index is 12.9. The minimum absolute atomic E-state index is 0.0779. The number of anilines is 2.